The minimum Gasteiger partial charge on any atom is -0.351 e. The van der Waals surface area contributed by atoms with E-state index in [-0.39, 0.29) is 28.0 Å². The zero-order valence-electron chi connectivity index (χ0n) is 17.9. The molecule has 0 saturated carbocycles. The molecule has 0 saturated heterocycles. The lowest BCUT2D eigenvalue weighted by Crippen LogP contribution is -2.28. The van der Waals surface area contributed by atoms with Gasteiger partial charge in [-0.2, -0.15) is 8.75 Å². The molecule has 4 aromatic rings. The summed E-state index contributed by atoms with van der Waals surface area (Å²) >= 11 is 4.41. The number of fused-ring (bicyclic) bond motifs is 1. The Labute approximate surface area is 204 Å². The fraction of sp³-hybridized carbons (Fsp3) is 0.174. The average molecular weight is 545 g/mol. The summed E-state index contributed by atoms with van der Waals surface area (Å²) in [5.74, 6) is -0.283. The molecule has 1 atom stereocenters. The summed E-state index contributed by atoms with van der Waals surface area (Å²) < 4.78 is 38.1. The number of aryl methyl sites for hydroxylation is 1. The standard InChI is InChI=1S/C23H21BrN4O3S2/c1-14-9-10-18(23(29)25-13-15(2)16-5-3-6-17(24)12-16)20(11-14)28-33(30,31)21-8-4-7-19-22(21)27-32-26-19/h3-12,15,28H,13H2,1-2H3,(H,25,29). The molecule has 0 aliphatic rings. The quantitative estimate of drug-likeness (QED) is 0.337. The Morgan fingerprint density at radius 3 is 2.67 bits per heavy atom. The van der Waals surface area contributed by atoms with Gasteiger partial charge in [-0.25, -0.2) is 8.42 Å². The van der Waals surface area contributed by atoms with Crippen LogP contribution in [0.3, 0.4) is 0 Å². The van der Waals surface area contributed by atoms with Crippen LogP contribution < -0.4 is 10.0 Å². The molecule has 33 heavy (non-hydrogen) atoms. The van der Waals surface area contributed by atoms with Crippen molar-refractivity contribution in [2.45, 2.75) is 24.7 Å². The number of amides is 1. The molecule has 1 aromatic heterocycles. The first-order valence-corrected chi connectivity index (χ1v) is 13.1. The van der Waals surface area contributed by atoms with Crippen LogP contribution in [0.15, 0.2) is 70.0 Å². The van der Waals surface area contributed by atoms with Gasteiger partial charge in [-0.15, -0.1) is 0 Å². The minimum atomic E-state index is -3.99. The van der Waals surface area contributed by atoms with E-state index in [4.69, 9.17) is 0 Å². The Morgan fingerprint density at radius 2 is 1.88 bits per heavy atom. The van der Waals surface area contributed by atoms with Crippen molar-refractivity contribution in [3.05, 3.63) is 81.8 Å². The molecule has 1 amide bonds. The highest BCUT2D eigenvalue weighted by atomic mass is 79.9. The maximum atomic E-state index is 13.2. The first kappa shape index (κ1) is 23.3. The molecule has 1 heterocycles. The highest BCUT2D eigenvalue weighted by Gasteiger charge is 2.23. The molecule has 4 rings (SSSR count). The second-order valence-corrected chi connectivity index (χ2v) is 10.8. The van der Waals surface area contributed by atoms with Crippen molar-refractivity contribution in [1.29, 1.82) is 0 Å². The van der Waals surface area contributed by atoms with Crippen molar-refractivity contribution in [1.82, 2.24) is 14.1 Å². The molecule has 2 N–H and O–H groups in total. The third-order valence-electron chi connectivity index (χ3n) is 5.19. The Kier molecular flexibility index (Phi) is 6.78. The number of hydrogen-bond donors (Lipinski definition) is 2. The van der Waals surface area contributed by atoms with E-state index in [2.05, 4.69) is 34.7 Å². The van der Waals surface area contributed by atoms with E-state index < -0.39 is 10.0 Å². The van der Waals surface area contributed by atoms with Gasteiger partial charge in [0.2, 0.25) is 0 Å². The van der Waals surface area contributed by atoms with E-state index in [1.165, 1.54) is 6.07 Å². The second-order valence-electron chi connectivity index (χ2n) is 7.71. The Bertz CT molecular complexity index is 1440. The largest absolute Gasteiger partial charge is 0.351 e. The van der Waals surface area contributed by atoms with Gasteiger partial charge in [0.1, 0.15) is 15.9 Å². The van der Waals surface area contributed by atoms with Crippen molar-refractivity contribution in [3.63, 3.8) is 0 Å². The minimum absolute atomic E-state index is 0.0184. The van der Waals surface area contributed by atoms with Crippen molar-refractivity contribution >= 4 is 60.3 Å². The van der Waals surface area contributed by atoms with E-state index in [1.54, 1.807) is 30.3 Å². The molecule has 3 aromatic carbocycles. The Balaban J connectivity index is 1.57. The van der Waals surface area contributed by atoms with Crippen LogP contribution >= 0.6 is 27.7 Å². The average Bonchev–Trinajstić information content (AvgIpc) is 3.26. The summed E-state index contributed by atoms with van der Waals surface area (Å²) in [6.45, 7) is 4.25. The second kappa shape index (κ2) is 9.58. The lowest BCUT2D eigenvalue weighted by Gasteiger charge is -2.16. The maximum absolute atomic E-state index is 13.2. The van der Waals surface area contributed by atoms with Gasteiger partial charge in [-0.05, 0) is 60.4 Å². The zero-order chi connectivity index (χ0) is 23.6. The molecule has 0 bridgehead atoms. The number of nitrogens with one attached hydrogen (secondary N) is 2. The van der Waals surface area contributed by atoms with Crippen LogP contribution in [0.25, 0.3) is 11.0 Å². The number of benzene rings is 3. The summed E-state index contributed by atoms with van der Waals surface area (Å²) in [4.78, 5) is 13.0. The van der Waals surface area contributed by atoms with Crippen LogP contribution in [-0.2, 0) is 10.0 Å². The molecule has 0 radical (unpaired) electrons. The molecular formula is C23H21BrN4O3S2. The number of anilines is 1. The normalized spacial score (nSPS) is 12.5. The van der Waals surface area contributed by atoms with Gasteiger partial charge < -0.3 is 5.32 Å². The summed E-state index contributed by atoms with van der Waals surface area (Å²) in [6.07, 6.45) is 0. The van der Waals surface area contributed by atoms with Gasteiger partial charge in [0.25, 0.3) is 15.9 Å². The van der Waals surface area contributed by atoms with Gasteiger partial charge in [0.15, 0.2) is 0 Å². The van der Waals surface area contributed by atoms with Gasteiger partial charge in [0.05, 0.1) is 23.0 Å². The van der Waals surface area contributed by atoms with Crippen molar-refractivity contribution in [2.75, 3.05) is 11.3 Å². The van der Waals surface area contributed by atoms with Crippen molar-refractivity contribution < 1.29 is 13.2 Å². The summed E-state index contributed by atoms with van der Waals surface area (Å²) in [5.41, 5.74) is 3.17. The van der Waals surface area contributed by atoms with Crippen molar-refractivity contribution in [3.8, 4) is 0 Å². The summed E-state index contributed by atoms with van der Waals surface area (Å²) in [6, 6.07) is 17.7. The molecule has 1 unspecified atom stereocenters. The van der Waals surface area contributed by atoms with Crippen LogP contribution in [0.1, 0.15) is 34.3 Å². The number of sulfonamides is 1. The topological polar surface area (TPSA) is 101 Å². The van der Waals surface area contributed by atoms with E-state index in [0.29, 0.717) is 17.6 Å². The highest BCUT2D eigenvalue weighted by Crippen LogP contribution is 2.26. The molecule has 0 fully saturated rings. The van der Waals surface area contributed by atoms with Crippen LogP contribution in [0.2, 0.25) is 0 Å². The van der Waals surface area contributed by atoms with Gasteiger partial charge >= 0.3 is 0 Å². The number of carbonyl (C=O) groups excluding carboxylic acids is 1. The van der Waals surface area contributed by atoms with Gasteiger partial charge in [-0.3, -0.25) is 9.52 Å². The van der Waals surface area contributed by atoms with Gasteiger partial charge in [0, 0.05) is 11.0 Å². The number of nitrogens with zero attached hydrogens (tertiary/aromatic N) is 2. The molecular weight excluding hydrogens is 524 g/mol. The number of hydrogen-bond acceptors (Lipinski definition) is 6. The molecule has 10 heteroatoms. The first-order valence-electron chi connectivity index (χ1n) is 10.1. The monoisotopic (exact) mass is 544 g/mol. The van der Waals surface area contributed by atoms with E-state index in [0.717, 1.165) is 27.3 Å². The zero-order valence-corrected chi connectivity index (χ0v) is 21.1. The summed E-state index contributed by atoms with van der Waals surface area (Å²) in [7, 11) is -3.99. The number of aromatic nitrogens is 2. The fourth-order valence-corrected chi connectivity index (χ4v) is 5.67. The Morgan fingerprint density at radius 1 is 1.09 bits per heavy atom. The highest BCUT2D eigenvalue weighted by molar-refractivity contribution is 9.10. The molecule has 170 valence electrons. The van der Waals surface area contributed by atoms with Crippen LogP contribution in [0.4, 0.5) is 5.69 Å². The lowest BCUT2D eigenvalue weighted by molar-refractivity contribution is 0.0952. The smallest absolute Gasteiger partial charge is 0.264 e. The number of halogens is 1. The predicted octanol–water partition coefficient (Wildman–Crippen LogP) is 5.10. The molecule has 7 nitrogen and oxygen atoms in total. The molecule has 0 spiro atoms. The van der Waals surface area contributed by atoms with Crippen molar-refractivity contribution in [2.24, 2.45) is 0 Å². The van der Waals surface area contributed by atoms with E-state index in [1.807, 2.05) is 38.1 Å². The van der Waals surface area contributed by atoms with E-state index in [9.17, 15) is 13.2 Å². The molecule has 0 aliphatic carbocycles. The number of carbonyl (C=O) groups is 1. The number of rotatable bonds is 7. The summed E-state index contributed by atoms with van der Waals surface area (Å²) in [5, 5.41) is 2.92. The van der Waals surface area contributed by atoms with Crippen LogP contribution in [-0.4, -0.2) is 29.6 Å². The predicted molar refractivity (Wildman–Crippen MR) is 134 cm³/mol. The Hall–Kier alpha value is -2.82. The maximum Gasteiger partial charge on any atom is 0.264 e. The first-order chi connectivity index (χ1) is 15.7. The van der Waals surface area contributed by atoms with Crippen LogP contribution in [0, 0.1) is 6.92 Å². The lowest BCUT2D eigenvalue weighted by atomic mass is 10.0. The third kappa shape index (κ3) is 5.23. The van der Waals surface area contributed by atoms with Gasteiger partial charge in [-0.1, -0.05) is 47.1 Å². The fourth-order valence-electron chi connectivity index (χ4n) is 3.41. The molecule has 0 aliphatic heterocycles. The third-order valence-corrected chi connectivity index (χ3v) is 7.62. The van der Waals surface area contributed by atoms with Crippen LogP contribution in [0.5, 0.6) is 0 Å². The SMILES string of the molecule is Cc1ccc(C(=O)NCC(C)c2cccc(Br)c2)c(NS(=O)(=O)c2cccc3nsnc23)c1. The van der Waals surface area contributed by atoms with E-state index >= 15 is 0 Å².